The molecule has 0 N–H and O–H groups in total. The zero-order valence-corrected chi connectivity index (χ0v) is 8.76. The number of amides is 1. The quantitative estimate of drug-likeness (QED) is 0.232. The van der Waals surface area contributed by atoms with Crippen LogP contribution in [0.15, 0.2) is 0 Å². The zero-order valence-electron chi connectivity index (χ0n) is 5.78. The number of carbonyl (C=O) groups excluding carboxylic acids is 2. The molecule has 1 fully saturated rings. The maximum absolute atomic E-state index is 11.0. The lowest BCUT2D eigenvalue weighted by Crippen LogP contribution is -2.63. The van der Waals surface area contributed by atoms with E-state index in [1.54, 1.807) is 6.92 Å². The maximum Gasteiger partial charge on any atom is 0.243 e. The van der Waals surface area contributed by atoms with Crippen LogP contribution in [0.2, 0.25) is 0 Å². The number of halogens is 1. The number of rotatable bonds is 1. The number of nitrogens with zero attached hydrogens (tertiary/aromatic N) is 1. The molecule has 1 saturated heterocycles. The summed E-state index contributed by atoms with van der Waals surface area (Å²) >= 11 is 6.73. The minimum absolute atomic E-state index is 0.0600. The van der Waals surface area contributed by atoms with Crippen LogP contribution in [-0.2, 0) is 9.59 Å². The van der Waals surface area contributed by atoms with Crippen LogP contribution in [0, 0.1) is 0 Å². The number of thiocarbonyl (C=S) groups is 1. The number of likely N-dealkylation sites (tertiary alicyclic amines) is 1. The molecule has 0 unspecified atom stereocenters. The van der Waals surface area contributed by atoms with E-state index >= 15 is 0 Å². The molecule has 0 bridgehead atoms. The van der Waals surface area contributed by atoms with Crippen molar-refractivity contribution < 1.29 is 9.59 Å². The molecular weight excluding hydrogens is 277 g/mol. The number of β-lactam (4-membered cyclic amide) rings is 1. The third kappa shape index (κ3) is 1.31. The van der Waals surface area contributed by atoms with Crippen molar-refractivity contribution in [2.24, 2.45) is 0 Å². The molecule has 0 radical (unpaired) electrons. The number of carbonyl (C=O) groups is 2. The summed E-state index contributed by atoms with van der Waals surface area (Å²) in [5.74, 6) is -0.0600. The summed E-state index contributed by atoms with van der Waals surface area (Å²) in [5.41, 5.74) is 0. The number of hydrogen-bond donors (Lipinski definition) is 0. The van der Waals surface area contributed by atoms with Crippen LogP contribution >= 0.6 is 34.8 Å². The topological polar surface area (TPSA) is 37.4 Å². The molecule has 1 rings (SSSR count). The van der Waals surface area contributed by atoms with Gasteiger partial charge in [-0.05, 0) is 6.92 Å². The Kier molecular flexibility index (Phi) is 2.58. The summed E-state index contributed by atoms with van der Waals surface area (Å²) in [5, 5.41) is 0. The molecular formula is C6H6INO2S. The molecule has 60 valence electrons. The molecule has 0 aliphatic carbocycles. The van der Waals surface area contributed by atoms with Crippen LogP contribution in [0.5, 0.6) is 0 Å². The second-order valence-electron chi connectivity index (χ2n) is 2.26. The van der Waals surface area contributed by atoms with Gasteiger partial charge in [-0.25, -0.2) is 0 Å². The van der Waals surface area contributed by atoms with Crippen molar-refractivity contribution in [1.82, 2.24) is 4.90 Å². The fourth-order valence-electron chi connectivity index (χ4n) is 0.970. The van der Waals surface area contributed by atoms with Crippen LogP contribution in [0.25, 0.3) is 0 Å². The van der Waals surface area contributed by atoms with Gasteiger partial charge in [0.1, 0.15) is 16.3 Å². The van der Waals surface area contributed by atoms with Crippen molar-refractivity contribution in [2.45, 2.75) is 16.9 Å². The van der Waals surface area contributed by atoms with E-state index in [1.807, 2.05) is 22.6 Å². The Bertz CT molecular complexity index is 231. The van der Waals surface area contributed by atoms with E-state index in [0.717, 1.165) is 6.29 Å². The lowest BCUT2D eigenvalue weighted by molar-refractivity contribution is -0.140. The average molecular weight is 283 g/mol. The lowest BCUT2D eigenvalue weighted by atomic mass is 10.0. The number of aldehydes is 1. The lowest BCUT2D eigenvalue weighted by Gasteiger charge is -2.40. The summed E-state index contributed by atoms with van der Waals surface area (Å²) in [4.78, 5) is 23.3. The highest BCUT2D eigenvalue weighted by Crippen LogP contribution is 2.26. The summed E-state index contributed by atoms with van der Waals surface area (Å²) in [6.07, 6.45) is 0.758. The van der Waals surface area contributed by atoms with Crippen LogP contribution in [0.4, 0.5) is 0 Å². The van der Waals surface area contributed by atoms with Crippen LogP contribution in [0.3, 0.4) is 0 Å². The van der Waals surface area contributed by atoms with Gasteiger partial charge >= 0.3 is 0 Å². The van der Waals surface area contributed by atoms with E-state index in [9.17, 15) is 9.59 Å². The minimum Gasteiger partial charge on any atom is -0.301 e. The van der Waals surface area contributed by atoms with Crippen molar-refractivity contribution in [1.29, 1.82) is 0 Å². The van der Waals surface area contributed by atoms with Crippen molar-refractivity contribution >= 4 is 52.0 Å². The van der Waals surface area contributed by atoms with E-state index in [4.69, 9.17) is 12.2 Å². The first-order valence-corrected chi connectivity index (χ1v) is 4.68. The van der Waals surface area contributed by atoms with Gasteiger partial charge in [-0.3, -0.25) is 9.69 Å². The first-order valence-electron chi connectivity index (χ1n) is 3.02. The molecule has 1 amide bonds. The van der Waals surface area contributed by atoms with Crippen LogP contribution in [0.1, 0.15) is 6.92 Å². The predicted octanol–water partition coefficient (Wildman–Crippen LogP) is 0.547. The fraction of sp³-hybridized carbons (Fsp3) is 0.500. The Balaban J connectivity index is 2.75. The van der Waals surface area contributed by atoms with Crippen LogP contribution in [-0.4, -0.2) is 32.0 Å². The molecule has 1 heterocycles. The second kappa shape index (κ2) is 3.14. The van der Waals surface area contributed by atoms with Crippen molar-refractivity contribution in [3.05, 3.63) is 0 Å². The Morgan fingerprint density at radius 3 is 2.64 bits per heavy atom. The van der Waals surface area contributed by atoms with Crippen LogP contribution < -0.4 is 0 Å². The molecule has 1 aliphatic rings. The van der Waals surface area contributed by atoms with Crippen molar-refractivity contribution in [2.75, 3.05) is 0 Å². The average Bonchev–Trinajstić information content (AvgIpc) is 1.96. The van der Waals surface area contributed by atoms with Gasteiger partial charge in [-0.1, -0.05) is 34.8 Å². The standard InChI is InChI=1S/C6H6INO2S/c1-3(11)8-4(2-9)5(7)6(8)10/h2,4-5H,1H3/t4-,5-/m1/s1. The first kappa shape index (κ1) is 9.05. The van der Waals surface area contributed by atoms with Gasteiger partial charge in [-0.15, -0.1) is 0 Å². The highest BCUT2D eigenvalue weighted by atomic mass is 127. The van der Waals surface area contributed by atoms with E-state index in [-0.39, 0.29) is 15.9 Å². The SMILES string of the molecule is CC(=S)N1C(=O)[C@H](I)[C@H]1C=O. The smallest absolute Gasteiger partial charge is 0.243 e. The molecule has 3 nitrogen and oxygen atoms in total. The van der Waals surface area contributed by atoms with Gasteiger partial charge in [-0.2, -0.15) is 0 Å². The summed E-state index contributed by atoms with van der Waals surface area (Å²) < 4.78 is -0.219. The predicted molar refractivity (Wildman–Crippen MR) is 52.8 cm³/mol. The normalized spacial score (nSPS) is 29.6. The number of alkyl halides is 1. The maximum atomic E-state index is 11.0. The molecule has 0 saturated carbocycles. The third-order valence-corrected chi connectivity index (χ3v) is 3.02. The molecule has 2 atom stereocenters. The van der Waals surface area contributed by atoms with Crippen molar-refractivity contribution in [3.63, 3.8) is 0 Å². The first-order chi connectivity index (χ1) is 5.09. The van der Waals surface area contributed by atoms with Crippen molar-refractivity contribution in [3.8, 4) is 0 Å². The van der Waals surface area contributed by atoms with Gasteiger partial charge in [0.25, 0.3) is 0 Å². The van der Waals surface area contributed by atoms with Gasteiger partial charge in [0.2, 0.25) is 5.91 Å². The molecule has 0 aromatic rings. The number of hydrogen-bond acceptors (Lipinski definition) is 3. The zero-order chi connectivity index (χ0) is 8.59. The minimum atomic E-state index is -0.333. The van der Waals surface area contributed by atoms with E-state index in [2.05, 4.69) is 0 Å². The third-order valence-electron chi connectivity index (χ3n) is 1.55. The summed E-state index contributed by atoms with van der Waals surface area (Å²) in [7, 11) is 0. The molecule has 11 heavy (non-hydrogen) atoms. The van der Waals surface area contributed by atoms with Gasteiger partial charge < -0.3 is 4.79 Å². The highest BCUT2D eigenvalue weighted by molar-refractivity contribution is 14.1. The largest absolute Gasteiger partial charge is 0.301 e. The van der Waals surface area contributed by atoms with E-state index < -0.39 is 0 Å². The van der Waals surface area contributed by atoms with Gasteiger partial charge in [0.15, 0.2) is 0 Å². The van der Waals surface area contributed by atoms with E-state index in [0.29, 0.717) is 4.99 Å². The summed E-state index contributed by atoms with van der Waals surface area (Å²) in [6, 6.07) is -0.333. The molecule has 5 heteroatoms. The summed E-state index contributed by atoms with van der Waals surface area (Å²) in [6.45, 7) is 1.65. The fourth-order valence-corrected chi connectivity index (χ4v) is 1.97. The Hall–Kier alpha value is -0.0400. The second-order valence-corrected chi connectivity index (χ2v) is 4.19. The Morgan fingerprint density at radius 2 is 2.36 bits per heavy atom. The molecule has 0 spiro atoms. The van der Waals surface area contributed by atoms with E-state index in [1.165, 1.54) is 4.90 Å². The van der Waals surface area contributed by atoms with Gasteiger partial charge in [0.05, 0.1) is 4.99 Å². The monoisotopic (exact) mass is 283 g/mol. The highest BCUT2D eigenvalue weighted by Gasteiger charge is 2.46. The Labute approximate surface area is 83.3 Å². The molecule has 0 aromatic heterocycles. The molecule has 0 aromatic carbocycles. The van der Waals surface area contributed by atoms with Gasteiger partial charge in [0, 0.05) is 0 Å². The molecule has 1 aliphatic heterocycles. The Morgan fingerprint density at radius 1 is 1.82 bits per heavy atom.